The first-order valence-corrected chi connectivity index (χ1v) is 4.29. The van der Waals surface area contributed by atoms with E-state index in [0.29, 0.717) is 0 Å². The van der Waals surface area contributed by atoms with Gasteiger partial charge in [-0.3, -0.25) is 4.79 Å². The van der Waals surface area contributed by atoms with Crippen molar-refractivity contribution in [2.24, 2.45) is 0 Å². The summed E-state index contributed by atoms with van der Waals surface area (Å²) in [5.74, 6) is -1.57. The molecule has 1 heterocycles. The second-order valence-corrected chi connectivity index (χ2v) is 3.61. The number of carbonyl (C=O) groups is 2. The van der Waals surface area contributed by atoms with Gasteiger partial charge in [-0.2, -0.15) is 0 Å². The Labute approximate surface area is 86.5 Å². The fourth-order valence-electron chi connectivity index (χ4n) is 0.892. The fourth-order valence-corrected chi connectivity index (χ4v) is 0.892. The van der Waals surface area contributed by atoms with Crippen LogP contribution in [0.2, 0.25) is 0 Å². The molecule has 0 atom stereocenters. The van der Waals surface area contributed by atoms with Crippen LogP contribution in [0.25, 0.3) is 0 Å². The van der Waals surface area contributed by atoms with Gasteiger partial charge in [-0.05, 0) is 13.8 Å². The van der Waals surface area contributed by atoms with Crippen molar-refractivity contribution in [1.29, 1.82) is 0 Å². The highest BCUT2D eigenvalue weighted by Crippen LogP contribution is 2.15. The molecule has 15 heavy (non-hydrogen) atoms. The van der Waals surface area contributed by atoms with Crippen molar-refractivity contribution in [3.8, 4) is 0 Å². The predicted molar refractivity (Wildman–Crippen MR) is 50.3 cm³/mol. The van der Waals surface area contributed by atoms with E-state index in [1.165, 1.54) is 33.2 Å². The molecule has 0 aromatic carbocycles. The van der Waals surface area contributed by atoms with Crippen LogP contribution >= 0.6 is 0 Å². The standard InChI is InChI=1S/C9H12N2O4/c1-9(2,8(13)14)11(3)7(12)6-4-5-15-10-6/h4-5H,1-3H3,(H,13,14). The van der Waals surface area contributed by atoms with Crippen LogP contribution in [0.4, 0.5) is 0 Å². The third-order valence-corrected chi connectivity index (χ3v) is 2.32. The molecular weight excluding hydrogens is 200 g/mol. The third kappa shape index (κ3) is 1.98. The van der Waals surface area contributed by atoms with Gasteiger partial charge in [0.25, 0.3) is 5.91 Å². The van der Waals surface area contributed by atoms with Crippen molar-refractivity contribution in [3.63, 3.8) is 0 Å². The molecule has 0 spiro atoms. The van der Waals surface area contributed by atoms with Crippen LogP contribution in [0.1, 0.15) is 24.3 Å². The molecule has 6 heteroatoms. The molecule has 1 amide bonds. The van der Waals surface area contributed by atoms with Gasteiger partial charge in [-0.1, -0.05) is 5.16 Å². The van der Waals surface area contributed by atoms with Gasteiger partial charge in [0.2, 0.25) is 0 Å². The molecule has 6 nitrogen and oxygen atoms in total. The van der Waals surface area contributed by atoms with E-state index in [9.17, 15) is 9.59 Å². The van der Waals surface area contributed by atoms with E-state index in [4.69, 9.17) is 5.11 Å². The summed E-state index contributed by atoms with van der Waals surface area (Å²) in [6.45, 7) is 2.88. The van der Waals surface area contributed by atoms with Crippen LogP contribution < -0.4 is 0 Å². The Kier molecular flexibility index (Phi) is 2.78. The van der Waals surface area contributed by atoms with Crippen molar-refractivity contribution < 1.29 is 19.2 Å². The monoisotopic (exact) mass is 212 g/mol. The maximum atomic E-state index is 11.7. The molecule has 1 aromatic rings. The van der Waals surface area contributed by atoms with Gasteiger partial charge < -0.3 is 14.5 Å². The lowest BCUT2D eigenvalue weighted by atomic mass is 10.0. The predicted octanol–water partition coefficient (Wildman–Crippen LogP) is 0.610. The molecule has 0 aliphatic carbocycles. The number of hydrogen-bond acceptors (Lipinski definition) is 4. The Balaban J connectivity index is 2.91. The maximum absolute atomic E-state index is 11.7. The zero-order valence-corrected chi connectivity index (χ0v) is 8.72. The highest BCUT2D eigenvalue weighted by Gasteiger charge is 2.36. The summed E-state index contributed by atoms with van der Waals surface area (Å²) in [7, 11) is 1.41. The number of nitrogens with zero attached hydrogens (tertiary/aromatic N) is 2. The van der Waals surface area contributed by atoms with E-state index in [1.807, 2.05) is 0 Å². The lowest BCUT2D eigenvalue weighted by Crippen LogP contribution is -2.50. The minimum atomic E-state index is -1.28. The Morgan fingerprint density at radius 2 is 2.13 bits per heavy atom. The maximum Gasteiger partial charge on any atom is 0.329 e. The van der Waals surface area contributed by atoms with E-state index in [-0.39, 0.29) is 5.69 Å². The minimum Gasteiger partial charge on any atom is -0.480 e. The molecule has 0 aliphatic rings. The van der Waals surface area contributed by atoms with E-state index in [0.717, 1.165) is 4.90 Å². The normalized spacial score (nSPS) is 11.1. The number of likely N-dealkylation sites (N-methyl/N-ethyl adjacent to an activating group) is 1. The number of rotatable bonds is 3. The highest BCUT2D eigenvalue weighted by atomic mass is 16.5. The highest BCUT2D eigenvalue weighted by molar-refractivity contribution is 5.95. The number of aliphatic carboxylic acids is 1. The zero-order chi connectivity index (χ0) is 11.6. The van der Waals surface area contributed by atoms with Gasteiger partial charge in [-0.15, -0.1) is 0 Å². The van der Waals surface area contributed by atoms with Crippen LogP contribution in [0.15, 0.2) is 16.9 Å². The van der Waals surface area contributed by atoms with Gasteiger partial charge in [0, 0.05) is 13.1 Å². The van der Waals surface area contributed by atoms with Crippen molar-refractivity contribution >= 4 is 11.9 Å². The quantitative estimate of drug-likeness (QED) is 0.793. The molecule has 0 radical (unpaired) electrons. The average Bonchev–Trinajstić information content (AvgIpc) is 2.67. The number of carboxylic acids is 1. The van der Waals surface area contributed by atoms with Gasteiger partial charge in [0.1, 0.15) is 11.8 Å². The molecule has 0 fully saturated rings. The number of carbonyl (C=O) groups excluding carboxylic acids is 1. The van der Waals surface area contributed by atoms with Gasteiger partial charge >= 0.3 is 5.97 Å². The largest absolute Gasteiger partial charge is 0.480 e. The number of hydrogen-bond donors (Lipinski definition) is 1. The summed E-state index contributed by atoms with van der Waals surface area (Å²) < 4.78 is 4.51. The molecular formula is C9H12N2O4. The Bertz CT molecular complexity index is 369. The second kappa shape index (κ2) is 3.72. The summed E-state index contributed by atoms with van der Waals surface area (Å²) >= 11 is 0. The number of amides is 1. The topological polar surface area (TPSA) is 83.6 Å². The SMILES string of the molecule is CN(C(=O)c1ccon1)C(C)(C)C(=O)O. The molecule has 0 unspecified atom stereocenters. The molecule has 1 rings (SSSR count). The summed E-state index contributed by atoms with van der Waals surface area (Å²) in [6.07, 6.45) is 1.26. The van der Waals surface area contributed by atoms with Crippen molar-refractivity contribution in [2.75, 3.05) is 7.05 Å². The summed E-state index contributed by atoms with van der Waals surface area (Å²) in [6, 6.07) is 1.39. The zero-order valence-electron chi connectivity index (χ0n) is 8.72. The van der Waals surface area contributed by atoms with E-state index in [2.05, 4.69) is 9.68 Å². The van der Waals surface area contributed by atoms with Crippen molar-refractivity contribution in [2.45, 2.75) is 19.4 Å². The number of aromatic nitrogens is 1. The average molecular weight is 212 g/mol. The smallest absolute Gasteiger partial charge is 0.329 e. The van der Waals surface area contributed by atoms with Crippen LogP contribution in [0, 0.1) is 0 Å². The van der Waals surface area contributed by atoms with Gasteiger partial charge in [0.15, 0.2) is 5.69 Å². The van der Waals surface area contributed by atoms with Gasteiger partial charge in [0.05, 0.1) is 0 Å². The first-order chi connectivity index (χ1) is 6.87. The van der Waals surface area contributed by atoms with Crippen LogP contribution in [0.3, 0.4) is 0 Å². The Hall–Kier alpha value is -1.85. The van der Waals surface area contributed by atoms with Crippen molar-refractivity contribution in [1.82, 2.24) is 10.1 Å². The van der Waals surface area contributed by atoms with E-state index < -0.39 is 17.4 Å². The van der Waals surface area contributed by atoms with Crippen molar-refractivity contribution in [3.05, 3.63) is 18.0 Å². The first kappa shape index (κ1) is 11.2. The van der Waals surface area contributed by atoms with Crippen LogP contribution in [0.5, 0.6) is 0 Å². The lowest BCUT2D eigenvalue weighted by Gasteiger charge is -2.30. The first-order valence-electron chi connectivity index (χ1n) is 4.29. The summed E-state index contributed by atoms with van der Waals surface area (Å²) in [5, 5.41) is 12.4. The van der Waals surface area contributed by atoms with E-state index >= 15 is 0 Å². The molecule has 0 bridgehead atoms. The van der Waals surface area contributed by atoms with Crippen LogP contribution in [-0.4, -0.2) is 39.6 Å². The van der Waals surface area contributed by atoms with Crippen LogP contribution in [-0.2, 0) is 4.79 Å². The summed E-state index contributed by atoms with van der Waals surface area (Å²) in [4.78, 5) is 23.7. The minimum absolute atomic E-state index is 0.0897. The Morgan fingerprint density at radius 1 is 1.53 bits per heavy atom. The second-order valence-electron chi connectivity index (χ2n) is 3.61. The third-order valence-electron chi connectivity index (χ3n) is 2.32. The Morgan fingerprint density at radius 3 is 2.53 bits per heavy atom. The fraction of sp³-hybridized carbons (Fsp3) is 0.444. The molecule has 1 aromatic heterocycles. The van der Waals surface area contributed by atoms with Gasteiger partial charge in [-0.25, -0.2) is 4.79 Å². The molecule has 1 N–H and O–H groups in total. The molecule has 82 valence electrons. The molecule has 0 saturated heterocycles. The number of carboxylic acid groups (broad SMARTS) is 1. The molecule has 0 aliphatic heterocycles. The lowest BCUT2D eigenvalue weighted by molar-refractivity contribution is -0.147. The molecule has 0 saturated carbocycles. The summed E-state index contributed by atoms with van der Waals surface area (Å²) in [5.41, 5.74) is -1.19. The van der Waals surface area contributed by atoms with E-state index in [1.54, 1.807) is 0 Å².